The summed E-state index contributed by atoms with van der Waals surface area (Å²) in [7, 11) is -2.05. The summed E-state index contributed by atoms with van der Waals surface area (Å²) in [6.07, 6.45) is 7.03. The fourth-order valence-corrected chi connectivity index (χ4v) is 8.30. The Bertz CT molecular complexity index is 991. The van der Waals surface area contributed by atoms with Gasteiger partial charge in [0.15, 0.2) is 0 Å². The highest BCUT2D eigenvalue weighted by Crippen LogP contribution is 2.59. The van der Waals surface area contributed by atoms with Gasteiger partial charge in [-0.3, -0.25) is 4.72 Å². The van der Waals surface area contributed by atoms with E-state index >= 15 is 0 Å². The van der Waals surface area contributed by atoms with Crippen molar-refractivity contribution in [1.29, 1.82) is 0 Å². The van der Waals surface area contributed by atoms with E-state index in [-0.39, 0.29) is 4.90 Å². The van der Waals surface area contributed by atoms with Gasteiger partial charge in [-0.2, -0.15) is 0 Å². The molecule has 6 heteroatoms. The second kappa shape index (κ2) is 7.45. The van der Waals surface area contributed by atoms with E-state index < -0.39 is 10.0 Å². The average molecular weight is 523 g/mol. The van der Waals surface area contributed by atoms with E-state index in [2.05, 4.69) is 39.4 Å². The number of sulfonamides is 1. The molecule has 2 aromatic carbocycles. The molecule has 154 valence electrons. The van der Waals surface area contributed by atoms with Crippen LogP contribution in [0.4, 0.5) is 5.69 Å². The van der Waals surface area contributed by atoms with E-state index in [4.69, 9.17) is 4.74 Å². The molecule has 0 saturated heterocycles. The molecule has 0 amide bonds. The molecule has 0 aliphatic heterocycles. The predicted molar refractivity (Wildman–Crippen MR) is 123 cm³/mol. The lowest BCUT2D eigenvalue weighted by atomic mass is 9.51. The maximum atomic E-state index is 12.8. The van der Waals surface area contributed by atoms with Crippen LogP contribution in [0.5, 0.6) is 5.75 Å². The van der Waals surface area contributed by atoms with Crippen LogP contribution in [-0.4, -0.2) is 15.5 Å². The lowest BCUT2D eigenvalue weighted by Crippen LogP contribution is -2.43. The number of methoxy groups -OCH3 is 1. The molecule has 4 aliphatic carbocycles. The predicted octanol–water partition coefficient (Wildman–Crippen LogP) is 5.64. The van der Waals surface area contributed by atoms with Crippen LogP contribution in [0.1, 0.15) is 43.6 Å². The van der Waals surface area contributed by atoms with Gasteiger partial charge in [0.05, 0.1) is 15.6 Å². The van der Waals surface area contributed by atoms with E-state index in [1.807, 2.05) is 12.1 Å². The first-order valence-electron chi connectivity index (χ1n) is 10.4. The molecular weight excluding hydrogens is 497 g/mol. The molecule has 0 heterocycles. The maximum absolute atomic E-state index is 12.8. The Kier molecular flexibility index (Phi) is 5.05. The molecule has 4 fully saturated rings. The SMILES string of the molecule is COc1ccc(S(=O)(=O)Nc2ccc(C3C4CC5CC(C4)CC3C5)cc2)cc1I. The molecule has 0 atom stereocenters. The molecule has 0 radical (unpaired) electrons. The van der Waals surface area contributed by atoms with Gasteiger partial charge in [-0.15, -0.1) is 0 Å². The van der Waals surface area contributed by atoms with Gasteiger partial charge in [0, 0.05) is 5.69 Å². The quantitative estimate of drug-likeness (QED) is 0.517. The zero-order valence-corrected chi connectivity index (χ0v) is 19.4. The number of ether oxygens (including phenoxy) is 1. The zero-order valence-electron chi connectivity index (χ0n) is 16.5. The lowest BCUT2D eigenvalue weighted by Gasteiger charge is -2.54. The topological polar surface area (TPSA) is 55.4 Å². The Morgan fingerprint density at radius 2 is 1.55 bits per heavy atom. The normalized spacial score (nSPS) is 30.3. The number of rotatable bonds is 5. The number of hydrogen-bond acceptors (Lipinski definition) is 3. The van der Waals surface area contributed by atoms with Crippen LogP contribution in [-0.2, 0) is 10.0 Å². The van der Waals surface area contributed by atoms with Crippen molar-refractivity contribution in [2.45, 2.75) is 42.9 Å². The largest absolute Gasteiger partial charge is 0.496 e. The summed E-state index contributed by atoms with van der Waals surface area (Å²) in [5, 5.41) is 0. The molecule has 0 aromatic heterocycles. The Hall–Kier alpha value is -1.28. The summed E-state index contributed by atoms with van der Waals surface area (Å²) in [6, 6.07) is 13.0. The average Bonchev–Trinajstić information content (AvgIpc) is 2.68. The van der Waals surface area contributed by atoms with Crippen molar-refractivity contribution in [2.75, 3.05) is 11.8 Å². The first-order valence-corrected chi connectivity index (χ1v) is 13.0. The summed E-state index contributed by atoms with van der Waals surface area (Å²) < 4.78 is 34.3. The monoisotopic (exact) mass is 523 g/mol. The van der Waals surface area contributed by atoms with Crippen LogP contribution in [0.3, 0.4) is 0 Å². The number of nitrogens with one attached hydrogen (secondary N) is 1. The third-order valence-electron chi connectivity index (χ3n) is 7.21. The first-order chi connectivity index (χ1) is 13.9. The fraction of sp³-hybridized carbons (Fsp3) is 0.478. The van der Waals surface area contributed by atoms with Gasteiger partial charge in [0.2, 0.25) is 0 Å². The van der Waals surface area contributed by atoms with Crippen LogP contribution in [0.2, 0.25) is 0 Å². The van der Waals surface area contributed by atoms with E-state index in [1.54, 1.807) is 25.3 Å². The van der Waals surface area contributed by atoms with E-state index in [0.717, 1.165) is 27.2 Å². The minimum absolute atomic E-state index is 0.243. The first kappa shape index (κ1) is 19.7. The molecule has 4 bridgehead atoms. The standard InChI is InChI=1S/C23H26INO3S/c1-28-22-7-6-20(13-21(22)24)29(26,27)25-19-4-2-16(3-5-19)23-17-9-14-8-15(11-17)12-18(23)10-14/h2-7,13-15,17-18,23,25H,8-12H2,1H3. The number of hydrogen-bond donors (Lipinski definition) is 1. The van der Waals surface area contributed by atoms with Crippen LogP contribution in [0.25, 0.3) is 0 Å². The molecular formula is C23H26INO3S. The van der Waals surface area contributed by atoms with Crippen LogP contribution in [0, 0.1) is 27.2 Å². The third kappa shape index (κ3) is 3.67. The Morgan fingerprint density at radius 1 is 0.931 bits per heavy atom. The van der Waals surface area contributed by atoms with Gasteiger partial charge < -0.3 is 4.74 Å². The van der Waals surface area contributed by atoms with Gasteiger partial charge in [-0.25, -0.2) is 8.42 Å². The van der Waals surface area contributed by atoms with Gasteiger partial charge >= 0.3 is 0 Å². The molecule has 2 aromatic rings. The van der Waals surface area contributed by atoms with Crippen molar-refractivity contribution in [3.8, 4) is 5.75 Å². The molecule has 1 N–H and O–H groups in total. The van der Waals surface area contributed by atoms with Crippen molar-refractivity contribution >= 4 is 38.3 Å². The highest BCUT2D eigenvalue weighted by molar-refractivity contribution is 14.1. The number of anilines is 1. The van der Waals surface area contributed by atoms with Gasteiger partial charge in [0.25, 0.3) is 10.0 Å². The smallest absolute Gasteiger partial charge is 0.261 e. The van der Waals surface area contributed by atoms with E-state index in [1.165, 1.54) is 37.7 Å². The maximum Gasteiger partial charge on any atom is 0.261 e. The minimum Gasteiger partial charge on any atom is -0.496 e. The van der Waals surface area contributed by atoms with Gasteiger partial charge in [-0.05, 0) is 120 Å². The molecule has 4 aliphatic rings. The summed E-state index contributed by atoms with van der Waals surface area (Å²) in [4.78, 5) is 0.243. The summed E-state index contributed by atoms with van der Waals surface area (Å²) in [6.45, 7) is 0. The molecule has 4 nitrogen and oxygen atoms in total. The fourth-order valence-electron chi connectivity index (χ4n) is 6.27. The lowest BCUT2D eigenvalue weighted by molar-refractivity contribution is -0.00277. The summed E-state index contributed by atoms with van der Waals surface area (Å²) in [5.74, 6) is 4.92. The molecule has 4 saturated carbocycles. The molecule has 0 unspecified atom stereocenters. The second-order valence-corrected chi connectivity index (χ2v) is 11.8. The van der Waals surface area contributed by atoms with Gasteiger partial charge in [-0.1, -0.05) is 12.1 Å². The Balaban J connectivity index is 1.34. The number of benzene rings is 2. The van der Waals surface area contributed by atoms with Crippen LogP contribution >= 0.6 is 22.6 Å². The Morgan fingerprint density at radius 3 is 2.10 bits per heavy atom. The van der Waals surface area contributed by atoms with E-state index in [0.29, 0.717) is 17.4 Å². The second-order valence-electron chi connectivity index (χ2n) is 8.98. The molecule has 29 heavy (non-hydrogen) atoms. The molecule has 0 spiro atoms. The van der Waals surface area contributed by atoms with Crippen molar-refractivity contribution in [3.63, 3.8) is 0 Å². The van der Waals surface area contributed by atoms with E-state index in [9.17, 15) is 8.42 Å². The van der Waals surface area contributed by atoms with Crippen molar-refractivity contribution in [3.05, 3.63) is 51.6 Å². The van der Waals surface area contributed by atoms with Crippen molar-refractivity contribution in [2.24, 2.45) is 23.7 Å². The van der Waals surface area contributed by atoms with Crippen molar-refractivity contribution < 1.29 is 13.2 Å². The third-order valence-corrected chi connectivity index (χ3v) is 9.43. The molecule has 6 rings (SSSR count). The number of halogens is 1. The van der Waals surface area contributed by atoms with Crippen LogP contribution in [0.15, 0.2) is 47.4 Å². The highest BCUT2D eigenvalue weighted by Gasteiger charge is 2.48. The zero-order chi connectivity index (χ0) is 20.2. The Labute approximate surface area is 186 Å². The summed E-state index contributed by atoms with van der Waals surface area (Å²) in [5.41, 5.74) is 2.00. The minimum atomic E-state index is -3.63. The van der Waals surface area contributed by atoms with Crippen LogP contribution < -0.4 is 9.46 Å². The van der Waals surface area contributed by atoms with Gasteiger partial charge in [0.1, 0.15) is 5.75 Å². The van der Waals surface area contributed by atoms with Crippen molar-refractivity contribution in [1.82, 2.24) is 0 Å². The highest BCUT2D eigenvalue weighted by atomic mass is 127. The summed E-state index contributed by atoms with van der Waals surface area (Å²) >= 11 is 2.09.